The molecule has 2 aromatic carbocycles. The molecule has 2 aromatic rings. The van der Waals surface area contributed by atoms with Gasteiger partial charge in [-0.25, -0.2) is 4.39 Å². The molecule has 2 nitrogen and oxygen atoms in total. The van der Waals surface area contributed by atoms with Gasteiger partial charge >= 0.3 is 0 Å². The number of hydrogen-bond donors (Lipinski definition) is 1. The second kappa shape index (κ2) is 8.78. The van der Waals surface area contributed by atoms with Crippen molar-refractivity contribution >= 4 is 12.4 Å². The molecule has 0 aliphatic carbocycles. The summed E-state index contributed by atoms with van der Waals surface area (Å²) in [5.74, 6) is -0.151. The lowest BCUT2D eigenvalue weighted by molar-refractivity contribution is 0.264. The minimum atomic E-state index is -0.151. The summed E-state index contributed by atoms with van der Waals surface area (Å²) in [6.07, 6.45) is 0. The third-order valence-corrected chi connectivity index (χ3v) is 3.32. The number of aryl methyl sites for hydroxylation is 1. The molecule has 4 heteroatoms. The van der Waals surface area contributed by atoms with Gasteiger partial charge < -0.3 is 5.73 Å². The van der Waals surface area contributed by atoms with E-state index in [1.165, 1.54) is 11.6 Å². The van der Waals surface area contributed by atoms with Gasteiger partial charge in [0.2, 0.25) is 0 Å². The zero-order chi connectivity index (χ0) is 14.4. The highest BCUT2D eigenvalue weighted by Gasteiger charge is 2.07. The quantitative estimate of drug-likeness (QED) is 0.885. The summed E-state index contributed by atoms with van der Waals surface area (Å²) in [6.45, 7) is 4.88. The SMILES string of the molecule is Cc1cc(CN(CCN)Cc2ccccc2)ccc1F.Cl. The zero-order valence-electron chi connectivity index (χ0n) is 12.3. The van der Waals surface area contributed by atoms with Crippen molar-refractivity contribution in [3.63, 3.8) is 0 Å². The molecular formula is C17H22ClFN2. The molecule has 2 N–H and O–H groups in total. The summed E-state index contributed by atoms with van der Waals surface area (Å²) in [7, 11) is 0. The molecule has 0 radical (unpaired) electrons. The van der Waals surface area contributed by atoms with Gasteiger partial charge in [0.1, 0.15) is 5.82 Å². The van der Waals surface area contributed by atoms with E-state index in [4.69, 9.17) is 5.73 Å². The fourth-order valence-corrected chi connectivity index (χ4v) is 2.30. The molecule has 0 saturated heterocycles. The van der Waals surface area contributed by atoms with Crippen LogP contribution in [0.5, 0.6) is 0 Å². The van der Waals surface area contributed by atoms with Crippen molar-refractivity contribution < 1.29 is 4.39 Å². The van der Waals surface area contributed by atoms with Gasteiger partial charge in [0.05, 0.1) is 0 Å². The van der Waals surface area contributed by atoms with E-state index in [-0.39, 0.29) is 18.2 Å². The maximum absolute atomic E-state index is 13.3. The van der Waals surface area contributed by atoms with Crippen molar-refractivity contribution in [3.05, 3.63) is 71.0 Å². The molecule has 0 aromatic heterocycles. The number of nitrogens with zero attached hydrogens (tertiary/aromatic N) is 1. The summed E-state index contributed by atoms with van der Waals surface area (Å²) in [5.41, 5.74) is 8.76. The van der Waals surface area contributed by atoms with E-state index in [2.05, 4.69) is 17.0 Å². The second-order valence-electron chi connectivity index (χ2n) is 5.07. The lowest BCUT2D eigenvalue weighted by atomic mass is 10.1. The molecule has 114 valence electrons. The fourth-order valence-electron chi connectivity index (χ4n) is 2.30. The van der Waals surface area contributed by atoms with Crippen LogP contribution in [0.4, 0.5) is 4.39 Å². The van der Waals surface area contributed by atoms with Crippen molar-refractivity contribution in [1.82, 2.24) is 4.90 Å². The van der Waals surface area contributed by atoms with Crippen LogP contribution in [0.2, 0.25) is 0 Å². The van der Waals surface area contributed by atoms with Crippen LogP contribution in [-0.2, 0) is 13.1 Å². The standard InChI is InChI=1S/C17H21FN2.ClH/c1-14-11-16(7-8-17(14)18)13-20(10-9-19)12-15-5-3-2-4-6-15;/h2-8,11H,9-10,12-13,19H2,1H3;1H. The first-order chi connectivity index (χ1) is 9.69. The van der Waals surface area contributed by atoms with Crippen LogP contribution in [0.25, 0.3) is 0 Å². The van der Waals surface area contributed by atoms with E-state index in [0.717, 1.165) is 25.2 Å². The van der Waals surface area contributed by atoms with E-state index in [1.54, 1.807) is 6.92 Å². The second-order valence-corrected chi connectivity index (χ2v) is 5.07. The molecule has 0 bridgehead atoms. The lowest BCUT2D eigenvalue weighted by Gasteiger charge is -2.22. The summed E-state index contributed by atoms with van der Waals surface area (Å²) in [5, 5.41) is 0. The summed E-state index contributed by atoms with van der Waals surface area (Å²) >= 11 is 0. The Hall–Kier alpha value is -1.42. The summed E-state index contributed by atoms with van der Waals surface area (Å²) < 4.78 is 13.3. The van der Waals surface area contributed by atoms with Crippen LogP contribution >= 0.6 is 12.4 Å². The molecule has 0 fully saturated rings. The Morgan fingerprint density at radius 3 is 2.29 bits per heavy atom. The Morgan fingerprint density at radius 2 is 1.67 bits per heavy atom. The average Bonchev–Trinajstić information content (AvgIpc) is 2.44. The van der Waals surface area contributed by atoms with Gasteiger partial charge in [0, 0.05) is 26.2 Å². The molecular weight excluding hydrogens is 287 g/mol. The van der Waals surface area contributed by atoms with Gasteiger partial charge in [-0.1, -0.05) is 42.5 Å². The highest BCUT2D eigenvalue weighted by atomic mass is 35.5. The Bertz CT molecular complexity index is 546. The normalized spacial score (nSPS) is 10.5. The van der Waals surface area contributed by atoms with Crippen molar-refractivity contribution in [2.75, 3.05) is 13.1 Å². The van der Waals surface area contributed by atoms with Crippen molar-refractivity contribution in [2.45, 2.75) is 20.0 Å². The average molecular weight is 309 g/mol. The van der Waals surface area contributed by atoms with Crippen LogP contribution in [0.1, 0.15) is 16.7 Å². The van der Waals surface area contributed by atoms with Crippen LogP contribution in [0.3, 0.4) is 0 Å². The van der Waals surface area contributed by atoms with Crippen molar-refractivity contribution in [3.8, 4) is 0 Å². The number of hydrogen-bond acceptors (Lipinski definition) is 2. The monoisotopic (exact) mass is 308 g/mol. The highest BCUT2D eigenvalue weighted by molar-refractivity contribution is 5.85. The van der Waals surface area contributed by atoms with Crippen LogP contribution in [0, 0.1) is 12.7 Å². The van der Waals surface area contributed by atoms with E-state index >= 15 is 0 Å². The molecule has 0 atom stereocenters. The molecule has 0 amide bonds. The van der Waals surface area contributed by atoms with E-state index in [1.807, 2.05) is 30.3 Å². The van der Waals surface area contributed by atoms with Gasteiger partial charge in [-0.15, -0.1) is 12.4 Å². The third-order valence-electron chi connectivity index (χ3n) is 3.32. The fraction of sp³-hybridized carbons (Fsp3) is 0.294. The van der Waals surface area contributed by atoms with E-state index in [0.29, 0.717) is 12.1 Å². The molecule has 0 heterocycles. The molecule has 0 aliphatic rings. The summed E-state index contributed by atoms with van der Waals surface area (Å²) in [4.78, 5) is 2.28. The van der Waals surface area contributed by atoms with Gasteiger partial charge in [-0.2, -0.15) is 0 Å². The Balaban J connectivity index is 0.00000220. The molecule has 0 spiro atoms. The molecule has 2 rings (SSSR count). The Morgan fingerprint density at radius 1 is 1.00 bits per heavy atom. The predicted molar refractivity (Wildman–Crippen MR) is 88.0 cm³/mol. The number of nitrogens with two attached hydrogens (primary N) is 1. The summed E-state index contributed by atoms with van der Waals surface area (Å²) in [6, 6.07) is 15.6. The maximum atomic E-state index is 13.3. The van der Waals surface area contributed by atoms with Gasteiger partial charge in [-0.3, -0.25) is 4.90 Å². The van der Waals surface area contributed by atoms with Crippen LogP contribution in [0.15, 0.2) is 48.5 Å². The van der Waals surface area contributed by atoms with Crippen molar-refractivity contribution in [1.29, 1.82) is 0 Å². The number of benzene rings is 2. The number of halogens is 2. The zero-order valence-corrected chi connectivity index (χ0v) is 13.1. The van der Waals surface area contributed by atoms with Crippen molar-refractivity contribution in [2.24, 2.45) is 5.73 Å². The molecule has 0 aliphatic heterocycles. The molecule has 0 saturated carbocycles. The van der Waals surface area contributed by atoms with Gasteiger partial charge in [-0.05, 0) is 29.7 Å². The smallest absolute Gasteiger partial charge is 0.126 e. The molecule has 0 unspecified atom stereocenters. The third kappa shape index (κ3) is 5.46. The maximum Gasteiger partial charge on any atom is 0.126 e. The van der Waals surface area contributed by atoms with E-state index in [9.17, 15) is 4.39 Å². The van der Waals surface area contributed by atoms with Crippen LogP contribution in [-0.4, -0.2) is 18.0 Å². The predicted octanol–water partition coefficient (Wildman–Crippen LogP) is 3.52. The van der Waals surface area contributed by atoms with E-state index < -0.39 is 0 Å². The first-order valence-electron chi connectivity index (χ1n) is 6.90. The Labute approximate surface area is 132 Å². The number of rotatable bonds is 6. The highest BCUT2D eigenvalue weighted by Crippen LogP contribution is 2.13. The lowest BCUT2D eigenvalue weighted by Crippen LogP contribution is -2.28. The topological polar surface area (TPSA) is 29.3 Å². The van der Waals surface area contributed by atoms with Crippen LogP contribution < -0.4 is 5.73 Å². The minimum absolute atomic E-state index is 0. The largest absolute Gasteiger partial charge is 0.329 e. The van der Waals surface area contributed by atoms with Gasteiger partial charge in [0.15, 0.2) is 0 Å². The van der Waals surface area contributed by atoms with Gasteiger partial charge in [0.25, 0.3) is 0 Å². The first kappa shape index (κ1) is 17.6. The first-order valence-corrected chi connectivity index (χ1v) is 6.90. The minimum Gasteiger partial charge on any atom is -0.329 e. The molecule has 21 heavy (non-hydrogen) atoms. The Kier molecular flexibility index (Phi) is 7.37.